The Hall–Kier alpha value is -3.53. The van der Waals surface area contributed by atoms with Gasteiger partial charge in [0.05, 0.1) is 12.1 Å². The fraction of sp³-hybridized carbons (Fsp3) is 0.0833. The zero-order valence-corrected chi connectivity index (χ0v) is 18.4. The highest BCUT2D eigenvalue weighted by Gasteiger charge is 2.15. The maximum atomic E-state index is 13.1. The maximum absolute atomic E-state index is 13.1. The van der Waals surface area contributed by atoms with Crippen LogP contribution in [0.15, 0.2) is 66.2 Å². The van der Waals surface area contributed by atoms with E-state index in [1.54, 1.807) is 48.5 Å². The first kappa shape index (κ1) is 23.1. The average Bonchev–Trinajstić information content (AvgIpc) is 2.79. The van der Waals surface area contributed by atoms with E-state index >= 15 is 0 Å². The lowest BCUT2D eigenvalue weighted by Crippen LogP contribution is -2.13. The summed E-state index contributed by atoms with van der Waals surface area (Å²) < 4.78 is 24.2. The number of nitriles is 1. The number of halogens is 3. The first-order chi connectivity index (χ1) is 15.4. The molecule has 5 nitrogen and oxygen atoms in total. The van der Waals surface area contributed by atoms with Crippen LogP contribution in [-0.4, -0.2) is 13.0 Å². The Kier molecular flexibility index (Phi) is 7.72. The zero-order valence-electron chi connectivity index (χ0n) is 16.9. The molecule has 0 spiro atoms. The molecule has 0 aromatic heterocycles. The van der Waals surface area contributed by atoms with Gasteiger partial charge in [-0.25, -0.2) is 4.39 Å². The van der Waals surface area contributed by atoms with Gasteiger partial charge < -0.3 is 14.8 Å². The summed E-state index contributed by atoms with van der Waals surface area (Å²) in [5.41, 5.74) is 1.60. The number of nitrogens with one attached hydrogen (secondary N) is 1. The molecule has 3 rings (SSSR count). The van der Waals surface area contributed by atoms with Crippen LogP contribution in [0.25, 0.3) is 6.08 Å². The molecule has 0 aliphatic rings. The monoisotopic (exact) mass is 470 g/mol. The highest BCUT2D eigenvalue weighted by molar-refractivity contribution is 6.32. The minimum Gasteiger partial charge on any atom is -0.493 e. The number of ether oxygens (including phenoxy) is 2. The lowest BCUT2D eigenvalue weighted by atomic mass is 10.1. The minimum atomic E-state index is -0.582. The Bertz CT molecular complexity index is 1190. The van der Waals surface area contributed by atoms with Crippen molar-refractivity contribution in [3.63, 3.8) is 0 Å². The number of anilines is 1. The molecule has 0 heterocycles. The number of carbonyl (C=O) groups is 1. The molecule has 8 heteroatoms. The number of nitrogens with zero attached hydrogens (tertiary/aromatic N) is 1. The van der Waals surface area contributed by atoms with E-state index in [1.807, 2.05) is 6.07 Å². The summed E-state index contributed by atoms with van der Waals surface area (Å²) in [6.07, 6.45) is 1.39. The number of hydrogen-bond acceptors (Lipinski definition) is 4. The lowest BCUT2D eigenvalue weighted by Gasteiger charge is -2.13. The molecule has 1 N–H and O–H groups in total. The summed E-state index contributed by atoms with van der Waals surface area (Å²) in [7, 11) is 1.45. The number of hydrogen-bond donors (Lipinski definition) is 1. The van der Waals surface area contributed by atoms with Crippen LogP contribution >= 0.6 is 23.2 Å². The normalized spacial score (nSPS) is 10.9. The van der Waals surface area contributed by atoms with Gasteiger partial charge in [-0.3, -0.25) is 4.79 Å². The fourth-order valence-corrected chi connectivity index (χ4v) is 3.15. The van der Waals surface area contributed by atoms with Crippen molar-refractivity contribution in [2.24, 2.45) is 0 Å². The molecule has 32 heavy (non-hydrogen) atoms. The van der Waals surface area contributed by atoms with Crippen LogP contribution in [0.5, 0.6) is 11.5 Å². The number of methoxy groups -OCH3 is 1. The van der Waals surface area contributed by atoms with E-state index in [-0.39, 0.29) is 23.0 Å². The lowest BCUT2D eigenvalue weighted by molar-refractivity contribution is -0.112. The van der Waals surface area contributed by atoms with Gasteiger partial charge in [0.1, 0.15) is 24.1 Å². The Morgan fingerprint density at radius 2 is 1.81 bits per heavy atom. The van der Waals surface area contributed by atoms with E-state index < -0.39 is 5.91 Å². The quantitative estimate of drug-likeness (QED) is 0.326. The van der Waals surface area contributed by atoms with E-state index in [1.165, 1.54) is 25.3 Å². The zero-order chi connectivity index (χ0) is 23.1. The van der Waals surface area contributed by atoms with E-state index in [4.69, 9.17) is 32.7 Å². The van der Waals surface area contributed by atoms with E-state index in [0.717, 1.165) is 5.56 Å². The molecule has 0 bridgehead atoms. The highest BCUT2D eigenvalue weighted by Crippen LogP contribution is 2.37. The van der Waals surface area contributed by atoms with Crippen LogP contribution in [0.4, 0.5) is 10.1 Å². The molecule has 0 radical (unpaired) electrons. The predicted octanol–water partition coefficient (Wildman–Crippen LogP) is 6.27. The Morgan fingerprint density at radius 3 is 2.44 bits per heavy atom. The van der Waals surface area contributed by atoms with Crippen molar-refractivity contribution in [1.29, 1.82) is 5.26 Å². The molecule has 162 valence electrons. The Morgan fingerprint density at radius 1 is 1.12 bits per heavy atom. The molecule has 3 aromatic carbocycles. The number of rotatable bonds is 7. The van der Waals surface area contributed by atoms with Crippen LogP contribution < -0.4 is 14.8 Å². The van der Waals surface area contributed by atoms with Crippen LogP contribution in [0.2, 0.25) is 10.0 Å². The first-order valence-electron chi connectivity index (χ1n) is 9.33. The second kappa shape index (κ2) is 10.7. The van der Waals surface area contributed by atoms with Gasteiger partial charge in [-0.15, -0.1) is 0 Å². The minimum absolute atomic E-state index is 0.127. The van der Waals surface area contributed by atoms with Gasteiger partial charge in [0.2, 0.25) is 0 Å². The molecule has 0 aliphatic carbocycles. The second-order valence-electron chi connectivity index (χ2n) is 6.58. The van der Waals surface area contributed by atoms with Gasteiger partial charge in [-0.1, -0.05) is 35.3 Å². The number of amides is 1. The summed E-state index contributed by atoms with van der Waals surface area (Å²) in [5, 5.41) is 12.8. The molecule has 3 aromatic rings. The first-order valence-corrected chi connectivity index (χ1v) is 10.1. The SMILES string of the molecule is COc1cc(/C=C(/C#N)C(=O)Nc2ccc(Cl)cc2)cc(Cl)c1OCc1ccc(F)cc1. The van der Waals surface area contributed by atoms with Crippen LogP contribution in [0.3, 0.4) is 0 Å². The summed E-state index contributed by atoms with van der Waals surface area (Å²) in [5.74, 6) is -0.309. The van der Waals surface area contributed by atoms with Crippen molar-refractivity contribution in [3.8, 4) is 17.6 Å². The van der Waals surface area contributed by atoms with Crippen molar-refractivity contribution >= 4 is 40.9 Å². The van der Waals surface area contributed by atoms with Crippen molar-refractivity contribution < 1.29 is 18.7 Å². The van der Waals surface area contributed by atoms with E-state index in [2.05, 4.69) is 5.32 Å². The summed E-state index contributed by atoms with van der Waals surface area (Å²) in [4.78, 5) is 12.5. The molecule has 0 aliphatic heterocycles. The Labute approximate surface area is 194 Å². The third kappa shape index (κ3) is 6.01. The van der Waals surface area contributed by atoms with Crippen LogP contribution in [0.1, 0.15) is 11.1 Å². The van der Waals surface area contributed by atoms with Gasteiger partial charge in [0.25, 0.3) is 5.91 Å². The van der Waals surface area contributed by atoms with Crippen molar-refractivity contribution in [1.82, 2.24) is 0 Å². The Balaban J connectivity index is 1.80. The topological polar surface area (TPSA) is 71.3 Å². The summed E-state index contributed by atoms with van der Waals surface area (Å²) in [6.45, 7) is 0.151. The molecule has 0 saturated heterocycles. The molecule has 0 atom stereocenters. The molecular formula is C24H17Cl2FN2O3. The van der Waals surface area contributed by atoms with Crippen LogP contribution in [0, 0.1) is 17.1 Å². The smallest absolute Gasteiger partial charge is 0.266 e. The molecule has 0 saturated carbocycles. The molecular weight excluding hydrogens is 454 g/mol. The largest absolute Gasteiger partial charge is 0.493 e. The van der Waals surface area contributed by atoms with Crippen LogP contribution in [-0.2, 0) is 11.4 Å². The van der Waals surface area contributed by atoms with Crippen molar-refractivity contribution in [2.75, 3.05) is 12.4 Å². The summed E-state index contributed by atoms with van der Waals surface area (Å²) >= 11 is 12.2. The standard InChI is InChI=1S/C24H17Cl2FN2O3/c1-31-22-12-16(10-17(13-28)24(30)29-20-8-4-18(25)5-9-20)11-21(26)23(22)32-14-15-2-6-19(27)7-3-15/h2-12H,14H2,1H3,(H,29,30)/b17-10-. The van der Waals surface area contributed by atoms with Gasteiger partial charge in [-0.05, 0) is 65.7 Å². The van der Waals surface area contributed by atoms with Gasteiger partial charge >= 0.3 is 0 Å². The predicted molar refractivity (Wildman–Crippen MR) is 122 cm³/mol. The third-order valence-corrected chi connectivity index (χ3v) is 4.86. The highest BCUT2D eigenvalue weighted by atomic mass is 35.5. The maximum Gasteiger partial charge on any atom is 0.266 e. The van der Waals surface area contributed by atoms with Gasteiger partial charge in [0.15, 0.2) is 11.5 Å². The second-order valence-corrected chi connectivity index (χ2v) is 7.42. The van der Waals surface area contributed by atoms with E-state index in [9.17, 15) is 14.4 Å². The van der Waals surface area contributed by atoms with Crippen molar-refractivity contribution in [2.45, 2.75) is 6.61 Å². The van der Waals surface area contributed by atoms with Gasteiger partial charge in [-0.2, -0.15) is 5.26 Å². The van der Waals surface area contributed by atoms with Gasteiger partial charge in [0, 0.05) is 10.7 Å². The third-order valence-electron chi connectivity index (χ3n) is 4.33. The molecule has 1 amide bonds. The van der Waals surface area contributed by atoms with E-state index in [0.29, 0.717) is 27.8 Å². The summed E-state index contributed by atoms with van der Waals surface area (Å²) in [6, 6.07) is 17.4. The van der Waals surface area contributed by atoms with Crippen molar-refractivity contribution in [3.05, 3.63) is 93.2 Å². The molecule has 0 fully saturated rings. The number of carbonyl (C=O) groups excluding carboxylic acids is 1. The average molecular weight is 471 g/mol. The fourth-order valence-electron chi connectivity index (χ4n) is 2.75. The molecule has 0 unspecified atom stereocenters. The number of benzene rings is 3.